The van der Waals surface area contributed by atoms with Crippen LogP contribution in [0.1, 0.15) is 39.4 Å². The molecule has 0 saturated heterocycles. The van der Waals surface area contributed by atoms with Gasteiger partial charge in [0.15, 0.2) is 5.82 Å². The summed E-state index contributed by atoms with van der Waals surface area (Å²) < 4.78 is 5.15. The Kier molecular flexibility index (Phi) is 7.30. The van der Waals surface area contributed by atoms with Crippen molar-refractivity contribution in [1.82, 2.24) is 9.97 Å². The van der Waals surface area contributed by atoms with E-state index < -0.39 is 0 Å². The molecule has 0 aromatic carbocycles. The van der Waals surface area contributed by atoms with E-state index in [-0.39, 0.29) is 0 Å². The van der Waals surface area contributed by atoms with Gasteiger partial charge in [-0.1, -0.05) is 27.2 Å². The summed E-state index contributed by atoms with van der Waals surface area (Å²) in [7, 11) is 3.74. The number of hydrogen-bond acceptors (Lipinski definition) is 5. The lowest BCUT2D eigenvalue weighted by Crippen LogP contribution is -2.25. The summed E-state index contributed by atoms with van der Waals surface area (Å²) in [5, 5.41) is 3.32. The average molecular weight is 280 g/mol. The molecule has 1 N–H and O–H groups in total. The van der Waals surface area contributed by atoms with E-state index in [9.17, 15) is 0 Å². The summed E-state index contributed by atoms with van der Waals surface area (Å²) in [5.74, 6) is 3.19. The van der Waals surface area contributed by atoms with Crippen LogP contribution in [0.25, 0.3) is 0 Å². The largest absolute Gasteiger partial charge is 0.377 e. The Hall–Kier alpha value is -1.36. The van der Waals surface area contributed by atoms with Gasteiger partial charge in [-0.25, -0.2) is 9.97 Å². The van der Waals surface area contributed by atoms with Gasteiger partial charge in [-0.05, 0) is 12.3 Å². The number of hydrogen-bond donors (Lipinski definition) is 1. The molecule has 1 atom stereocenters. The summed E-state index contributed by atoms with van der Waals surface area (Å²) >= 11 is 0. The molecule has 1 aromatic heterocycles. The smallest absolute Gasteiger partial charge is 0.158 e. The van der Waals surface area contributed by atoms with Crippen molar-refractivity contribution in [2.75, 3.05) is 37.5 Å². The second-order valence-electron chi connectivity index (χ2n) is 5.28. The Bertz CT molecular complexity index is 397. The summed E-state index contributed by atoms with van der Waals surface area (Å²) in [6.45, 7) is 8.95. The first-order valence-electron chi connectivity index (χ1n) is 7.42. The van der Waals surface area contributed by atoms with Crippen molar-refractivity contribution in [2.24, 2.45) is 5.92 Å². The lowest BCUT2D eigenvalue weighted by molar-refractivity contribution is 0.178. The van der Waals surface area contributed by atoms with Crippen molar-refractivity contribution >= 4 is 11.6 Å². The molecule has 1 heterocycles. The van der Waals surface area contributed by atoms with Crippen LogP contribution < -0.4 is 10.2 Å². The molecule has 0 aliphatic carbocycles. The van der Waals surface area contributed by atoms with E-state index in [2.05, 4.69) is 48.0 Å². The normalized spacial score (nSPS) is 12.2. The number of rotatable bonds is 9. The van der Waals surface area contributed by atoms with Crippen LogP contribution in [0.5, 0.6) is 0 Å². The molecule has 0 aliphatic heterocycles. The van der Waals surface area contributed by atoms with Gasteiger partial charge >= 0.3 is 0 Å². The SMILES string of the molecule is CCCNc1cc(N(C)CC(C)CC)nc(COC)n1. The maximum atomic E-state index is 5.15. The van der Waals surface area contributed by atoms with Crippen LogP contribution >= 0.6 is 0 Å². The summed E-state index contributed by atoms with van der Waals surface area (Å²) in [5.41, 5.74) is 0. The lowest BCUT2D eigenvalue weighted by Gasteiger charge is -2.22. The Balaban J connectivity index is 2.88. The topological polar surface area (TPSA) is 50.3 Å². The van der Waals surface area contributed by atoms with E-state index in [1.165, 1.54) is 6.42 Å². The maximum Gasteiger partial charge on any atom is 0.158 e. The zero-order chi connectivity index (χ0) is 15.0. The Morgan fingerprint density at radius 2 is 2.10 bits per heavy atom. The highest BCUT2D eigenvalue weighted by atomic mass is 16.5. The van der Waals surface area contributed by atoms with Crippen LogP contribution in [0.2, 0.25) is 0 Å². The van der Waals surface area contributed by atoms with Gasteiger partial charge in [0.2, 0.25) is 0 Å². The zero-order valence-electron chi connectivity index (χ0n) is 13.4. The number of ether oxygens (including phenoxy) is 1. The van der Waals surface area contributed by atoms with Gasteiger partial charge in [-0.3, -0.25) is 0 Å². The average Bonchev–Trinajstić information content (AvgIpc) is 2.45. The third-order valence-electron chi connectivity index (χ3n) is 3.26. The van der Waals surface area contributed by atoms with Crippen molar-refractivity contribution in [3.05, 3.63) is 11.9 Å². The quantitative estimate of drug-likeness (QED) is 0.753. The van der Waals surface area contributed by atoms with E-state index >= 15 is 0 Å². The van der Waals surface area contributed by atoms with Crippen LogP contribution in [-0.2, 0) is 11.3 Å². The molecule has 0 radical (unpaired) electrons. The third-order valence-corrected chi connectivity index (χ3v) is 3.26. The Morgan fingerprint density at radius 3 is 2.70 bits per heavy atom. The van der Waals surface area contributed by atoms with Crippen LogP contribution in [-0.4, -0.2) is 37.2 Å². The van der Waals surface area contributed by atoms with E-state index in [4.69, 9.17) is 4.74 Å². The molecule has 5 heteroatoms. The first kappa shape index (κ1) is 16.7. The second kappa shape index (κ2) is 8.74. The highest BCUT2D eigenvalue weighted by Gasteiger charge is 2.10. The Morgan fingerprint density at radius 1 is 1.35 bits per heavy atom. The molecular formula is C15H28N4O. The minimum Gasteiger partial charge on any atom is -0.377 e. The van der Waals surface area contributed by atoms with E-state index in [1.807, 2.05) is 6.07 Å². The van der Waals surface area contributed by atoms with Gasteiger partial charge in [-0.2, -0.15) is 0 Å². The molecule has 0 aliphatic rings. The number of nitrogens with zero attached hydrogens (tertiary/aromatic N) is 3. The molecular weight excluding hydrogens is 252 g/mol. The molecule has 0 saturated carbocycles. The van der Waals surface area contributed by atoms with Crippen molar-refractivity contribution in [3.63, 3.8) is 0 Å². The van der Waals surface area contributed by atoms with Crippen LogP contribution in [0.3, 0.4) is 0 Å². The van der Waals surface area contributed by atoms with Crippen molar-refractivity contribution in [1.29, 1.82) is 0 Å². The van der Waals surface area contributed by atoms with E-state index in [0.29, 0.717) is 12.5 Å². The van der Waals surface area contributed by atoms with Crippen molar-refractivity contribution in [2.45, 2.75) is 40.2 Å². The minimum atomic E-state index is 0.436. The molecule has 0 bridgehead atoms. The van der Waals surface area contributed by atoms with Crippen LogP contribution in [0.4, 0.5) is 11.6 Å². The highest BCUT2D eigenvalue weighted by molar-refractivity contribution is 5.49. The van der Waals surface area contributed by atoms with Crippen LogP contribution in [0.15, 0.2) is 6.07 Å². The van der Waals surface area contributed by atoms with Gasteiger partial charge in [-0.15, -0.1) is 0 Å². The highest BCUT2D eigenvalue weighted by Crippen LogP contribution is 2.17. The van der Waals surface area contributed by atoms with Gasteiger partial charge in [0, 0.05) is 33.3 Å². The number of methoxy groups -OCH3 is 1. The summed E-state index contributed by atoms with van der Waals surface area (Å²) in [4.78, 5) is 11.2. The zero-order valence-corrected chi connectivity index (χ0v) is 13.4. The van der Waals surface area contributed by atoms with E-state index in [1.54, 1.807) is 7.11 Å². The molecule has 5 nitrogen and oxygen atoms in total. The van der Waals surface area contributed by atoms with Crippen LogP contribution in [0, 0.1) is 5.92 Å². The van der Waals surface area contributed by atoms with Gasteiger partial charge < -0.3 is 15.0 Å². The number of nitrogens with one attached hydrogen (secondary N) is 1. The van der Waals surface area contributed by atoms with Crippen molar-refractivity contribution < 1.29 is 4.74 Å². The Labute approximate surface area is 122 Å². The fourth-order valence-electron chi connectivity index (χ4n) is 1.91. The van der Waals surface area contributed by atoms with Gasteiger partial charge in [0.05, 0.1) is 0 Å². The standard InChI is InChI=1S/C15H28N4O/c1-6-8-16-13-9-15(18-14(17-13)11-20-5)19(4)10-12(3)7-2/h9,12H,6-8,10-11H2,1-5H3,(H,16,17,18). The van der Waals surface area contributed by atoms with Crippen molar-refractivity contribution in [3.8, 4) is 0 Å². The van der Waals surface area contributed by atoms with Gasteiger partial charge in [0.1, 0.15) is 18.2 Å². The molecule has 1 rings (SSSR count). The van der Waals surface area contributed by atoms with E-state index in [0.717, 1.165) is 37.0 Å². The predicted molar refractivity (Wildman–Crippen MR) is 84.3 cm³/mol. The van der Waals surface area contributed by atoms with Gasteiger partial charge in [0.25, 0.3) is 0 Å². The third kappa shape index (κ3) is 5.33. The summed E-state index contributed by atoms with van der Waals surface area (Å²) in [6, 6.07) is 2.01. The molecule has 1 aromatic rings. The monoisotopic (exact) mass is 280 g/mol. The summed E-state index contributed by atoms with van der Waals surface area (Å²) in [6.07, 6.45) is 2.24. The maximum absolute atomic E-state index is 5.15. The number of anilines is 2. The fourth-order valence-corrected chi connectivity index (χ4v) is 1.91. The molecule has 114 valence electrons. The first-order chi connectivity index (χ1) is 9.60. The molecule has 20 heavy (non-hydrogen) atoms. The lowest BCUT2D eigenvalue weighted by atomic mass is 10.1. The minimum absolute atomic E-state index is 0.436. The number of aromatic nitrogens is 2. The molecule has 0 amide bonds. The fraction of sp³-hybridized carbons (Fsp3) is 0.733. The molecule has 0 spiro atoms. The second-order valence-corrected chi connectivity index (χ2v) is 5.28. The molecule has 0 fully saturated rings. The first-order valence-corrected chi connectivity index (χ1v) is 7.42. The predicted octanol–water partition coefficient (Wildman–Crippen LogP) is 2.93. The molecule has 1 unspecified atom stereocenters.